The Balaban J connectivity index is 2.89. The Morgan fingerprint density at radius 1 is 1.45 bits per heavy atom. The van der Waals surface area contributed by atoms with Gasteiger partial charge in [-0.1, -0.05) is 4.68 Å². The van der Waals surface area contributed by atoms with Gasteiger partial charge in [-0.05, 0) is 27.7 Å². The molecular weight excluding hydrogens is 140 g/mol. The van der Waals surface area contributed by atoms with Crippen LogP contribution in [0.5, 0.6) is 0 Å². The van der Waals surface area contributed by atoms with E-state index in [4.69, 9.17) is 0 Å². The molecule has 0 amide bonds. The second-order valence-corrected chi connectivity index (χ2v) is 3.57. The van der Waals surface area contributed by atoms with E-state index in [2.05, 4.69) is 31.2 Å². The molecule has 0 bridgehead atoms. The molecule has 11 heavy (non-hydrogen) atoms. The maximum absolute atomic E-state index is 3.99. The van der Waals surface area contributed by atoms with E-state index in [9.17, 15) is 0 Å². The average Bonchev–Trinajstić information content (AvgIpc) is 2.32. The third-order valence-corrected chi connectivity index (χ3v) is 1.51. The number of nitrogens with zero attached hydrogens (tertiary/aromatic N) is 4. The molecule has 1 aromatic rings. The molecule has 0 aliphatic heterocycles. The molecule has 62 valence electrons. The summed E-state index contributed by atoms with van der Waals surface area (Å²) in [5.74, 6) is 0. The van der Waals surface area contributed by atoms with Gasteiger partial charge in [0.25, 0.3) is 0 Å². The fourth-order valence-electron chi connectivity index (χ4n) is 0.719. The first-order valence-electron chi connectivity index (χ1n) is 3.86. The Bertz CT molecular complexity index is 233. The summed E-state index contributed by atoms with van der Waals surface area (Å²) in [6.07, 6.45) is 1.92. The van der Waals surface area contributed by atoms with Gasteiger partial charge in [-0.3, -0.25) is 0 Å². The van der Waals surface area contributed by atoms with Gasteiger partial charge < -0.3 is 0 Å². The molecule has 0 aliphatic carbocycles. The van der Waals surface area contributed by atoms with Crippen LogP contribution in [0.15, 0.2) is 6.33 Å². The lowest BCUT2D eigenvalue weighted by atomic mass is 10.1. The second kappa shape index (κ2) is 2.60. The lowest BCUT2D eigenvalue weighted by Gasteiger charge is -2.08. The van der Waals surface area contributed by atoms with E-state index < -0.39 is 0 Å². The zero-order valence-electron chi connectivity index (χ0n) is 7.57. The molecule has 0 aliphatic rings. The zero-order valence-corrected chi connectivity index (χ0v) is 7.57. The van der Waals surface area contributed by atoms with Crippen molar-refractivity contribution >= 4 is 0 Å². The minimum Gasteiger partial charge on any atom is -0.140 e. The van der Waals surface area contributed by atoms with Gasteiger partial charge in [-0.15, -0.1) is 4.68 Å². The van der Waals surface area contributed by atoms with Gasteiger partial charge in [0.15, 0.2) is 5.21 Å². The third kappa shape index (κ3) is 1.76. The maximum atomic E-state index is 3.99. The molecule has 0 unspecified atom stereocenters. The van der Waals surface area contributed by atoms with E-state index in [-0.39, 0.29) is 5.54 Å². The first kappa shape index (κ1) is 8.17. The Labute approximate surface area is 66.8 Å². The summed E-state index contributed by atoms with van der Waals surface area (Å²) in [4.78, 5) is 0. The molecule has 4 nitrogen and oxygen atoms in total. The summed E-state index contributed by atoms with van der Waals surface area (Å²) in [6.45, 7) is 9.21. The summed E-state index contributed by atoms with van der Waals surface area (Å²) in [5.41, 5.74) is 0.0351. The molecule has 0 saturated carbocycles. The first-order valence-corrected chi connectivity index (χ1v) is 3.86. The monoisotopic (exact) mass is 155 g/mol. The second-order valence-electron chi connectivity index (χ2n) is 3.57. The van der Waals surface area contributed by atoms with Crippen LogP contribution in [0.1, 0.15) is 27.7 Å². The molecule has 0 fully saturated rings. The average molecular weight is 155 g/mol. The van der Waals surface area contributed by atoms with Gasteiger partial charge in [0.2, 0.25) is 6.33 Å². The molecule has 0 aromatic carbocycles. The summed E-state index contributed by atoms with van der Waals surface area (Å²) in [5, 5.41) is 7.92. The van der Waals surface area contributed by atoms with E-state index in [1.807, 2.05) is 22.6 Å². The lowest BCUT2D eigenvalue weighted by Crippen LogP contribution is -2.34. The molecule has 1 aromatic heterocycles. The van der Waals surface area contributed by atoms with Crippen molar-refractivity contribution in [1.29, 1.82) is 0 Å². The Kier molecular flexibility index (Phi) is 1.93. The van der Waals surface area contributed by atoms with E-state index in [0.29, 0.717) is 0 Å². The number of aromatic nitrogens is 4. The first-order chi connectivity index (χ1) is 5.04. The summed E-state index contributed by atoms with van der Waals surface area (Å²) in [6, 6.07) is 0. The highest BCUT2D eigenvalue weighted by molar-refractivity contribution is 4.65. The van der Waals surface area contributed by atoms with Crippen LogP contribution in [0.2, 0.25) is 0 Å². The normalized spacial score (nSPS) is 12.0. The van der Waals surface area contributed by atoms with Crippen LogP contribution in [-0.2, 0) is 12.1 Å². The fourth-order valence-corrected chi connectivity index (χ4v) is 0.719. The van der Waals surface area contributed by atoms with Crippen LogP contribution in [0.4, 0.5) is 0 Å². The van der Waals surface area contributed by atoms with Crippen molar-refractivity contribution in [2.75, 3.05) is 0 Å². The molecule has 0 saturated heterocycles. The van der Waals surface area contributed by atoms with Crippen molar-refractivity contribution in [2.45, 2.75) is 39.8 Å². The van der Waals surface area contributed by atoms with Crippen molar-refractivity contribution in [1.82, 2.24) is 15.1 Å². The van der Waals surface area contributed by atoms with Crippen molar-refractivity contribution < 1.29 is 4.68 Å². The molecule has 1 heterocycles. The van der Waals surface area contributed by atoms with Crippen molar-refractivity contribution in [3.05, 3.63) is 6.33 Å². The van der Waals surface area contributed by atoms with Crippen LogP contribution >= 0.6 is 0 Å². The van der Waals surface area contributed by atoms with E-state index in [1.165, 1.54) is 0 Å². The Morgan fingerprint density at radius 2 is 2.09 bits per heavy atom. The fraction of sp³-hybridized carbons (Fsp3) is 0.857. The molecule has 4 heteroatoms. The zero-order chi connectivity index (χ0) is 8.48. The predicted molar refractivity (Wildman–Crippen MR) is 40.9 cm³/mol. The minimum atomic E-state index is 0.0351. The van der Waals surface area contributed by atoms with Crippen LogP contribution in [0.25, 0.3) is 0 Å². The van der Waals surface area contributed by atoms with Gasteiger partial charge >= 0.3 is 0 Å². The van der Waals surface area contributed by atoms with Gasteiger partial charge in [0.1, 0.15) is 10.8 Å². The van der Waals surface area contributed by atoms with Gasteiger partial charge in [0, 0.05) is 0 Å². The van der Waals surface area contributed by atoms with Crippen LogP contribution < -0.4 is 4.68 Å². The SMILES string of the molecule is CC[n+]1cn(C(C)(C)C)nn1. The quantitative estimate of drug-likeness (QED) is 0.548. The van der Waals surface area contributed by atoms with E-state index >= 15 is 0 Å². The molecule has 0 N–H and O–H groups in total. The highest BCUT2D eigenvalue weighted by Gasteiger charge is 2.21. The van der Waals surface area contributed by atoms with Crippen molar-refractivity contribution in [3.63, 3.8) is 0 Å². The van der Waals surface area contributed by atoms with Crippen LogP contribution in [-0.4, -0.2) is 15.1 Å². The van der Waals surface area contributed by atoms with Crippen LogP contribution in [0, 0.1) is 0 Å². The molecule has 0 spiro atoms. The van der Waals surface area contributed by atoms with Gasteiger partial charge in [-0.2, -0.15) is 0 Å². The highest BCUT2D eigenvalue weighted by Crippen LogP contribution is 2.08. The maximum Gasteiger partial charge on any atom is 0.245 e. The summed E-state index contributed by atoms with van der Waals surface area (Å²) >= 11 is 0. The predicted octanol–water partition coefficient (Wildman–Crippen LogP) is 0.341. The number of hydrogen-bond acceptors (Lipinski definition) is 2. The Morgan fingerprint density at radius 3 is 2.36 bits per heavy atom. The van der Waals surface area contributed by atoms with Gasteiger partial charge in [-0.25, -0.2) is 0 Å². The smallest absolute Gasteiger partial charge is 0.140 e. The van der Waals surface area contributed by atoms with Gasteiger partial charge in [0.05, 0.1) is 6.54 Å². The number of tetrazole rings is 1. The molecular formula is C7H15N4+. The standard InChI is InChI=1S/C7H15N4/c1-5-10-6-11(9-8-10)7(2,3)4/h6H,5H2,1-4H3/q+1. The third-order valence-electron chi connectivity index (χ3n) is 1.51. The molecule has 0 atom stereocenters. The number of rotatable bonds is 1. The minimum absolute atomic E-state index is 0.0351. The van der Waals surface area contributed by atoms with Crippen molar-refractivity contribution in [2.24, 2.45) is 0 Å². The van der Waals surface area contributed by atoms with Crippen molar-refractivity contribution in [3.8, 4) is 0 Å². The Hall–Kier alpha value is -0.930. The van der Waals surface area contributed by atoms with E-state index in [1.54, 1.807) is 0 Å². The molecule has 0 radical (unpaired) electrons. The van der Waals surface area contributed by atoms with Crippen LogP contribution in [0.3, 0.4) is 0 Å². The lowest BCUT2D eigenvalue weighted by molar-refractivity contribution is -0.752. The summed E-state index contributed by atoms with van der Waals surface area (Å²) in [7, 11) is 0. The molecule has 1 rings (SSSR count). The largest absolute Gasteiger partial charge is 0.245 e. The summed E-state index contributed by atoms with van der Waals surface area (Å²) < 4.78 is 3.67. The highest BCUT2D eigenvalue weighted by atomic mass is 15.6. The van der Waals surface area contributed by atoms with E-state index in [0.717, 1.165) is 6.54 Å². The number of aryl methyl sites for hydroxylation is 1. The number of hydrogen-bond donors (Lipinski definition) is 0. The topological polar surface area (TPSA) is 34.6 Å².